The van der Waals surface area contributed by atoms with E-state index in [1.807, 2.05) is 42.5 Å². The first-order valence-corrected chi connectivity index (χ1v) is 9.03. The van der Waals surface area contributed by atoms with E-state index in [1.165, 1.54) is 0 Å². The Morgan fingerprint density at radius 2 is 1.54 bits per heavy atom. The van der Waals surface area contributed by atoms with Crippen LogP contribution >= 0.6 is 11.8 Å². The summed E-state index contributed by atoms with van der Waals surface area (Å²) in [5, 5.41) is 0. The van der Waals surface area contributed by atoms with Gasteiger partial charge in [-0.3, -0.25) is 0 Å². The van der Waals surface area contributed by atoms with Crippen LogP contribution in [0.2, 0.25) is 0 Å². The van der Waals surface area contributed by atoms with Crippen LogP contribution in [0, 0.1) is 0 Å². The molecule has 5 heteroatoms. The average molecular weight is 362 g/mol. The van der Waals surface area contributed by atoms with E-state index in [9.17, 15) is 0 Å². The molecule has 0 aliphatic carbocycles. The molecule has 26 heavy (non-hydrogen) atoms. The minimum absolute atomic E-state index is 0.733. The molecule has 4 aromatic rings. The van der Waals surface area contributed by atoms with Crippen molar-refractivity contribution in [3.05, 3.63) is 66.7 Å². The molecule has 1 aromatic heterocycles. The highest BCUT2D eigenvalue weighted by Gasteiger charge is 2.08. The maximum Gasteiger partial charge on any atom is 0.161 e. The molecule has 0 aliphatic rings. The van der Waals surface area contributed by atoms with E-state index in [-0.39, 0.29) is 0 Å². The normalized spacial score (nSPS) is 10.8. The zero-order valence-corrected chi connectivity index (χ0v) is 15.3. The second kappa shape index (κ2) is 7.14. The molecule has 4 nitrogen and oxygen atoms in total. The quantitative estimate of drug-likeness (QED) is 0.516. The highest BCUT2D eigenvalue weighted by molar-refractivity contribution is 7.99. The molecular weight excluding hydrogens is 344 g/mol. The molecule has 3 aromatic carbocycles. The molecule has 0 spiro atoms. The third-order valence-electron chi connectivity index (χ3n) is 4.11. The Bertz CT molecular complexity index is 1010. The van der Waals surface area contributed by atoms with Gasteiger partial charge in [-0.05, 0) is 42.5 Å². The SMILES string of the molecule is COc1ccc(Sc2ccc(-c3nc4ccccc4[nH]3)cc2)cc1OC. The van der Waals surface area contributed by atoms with E-state index in [4.69, 9.17) is 9.47 Å². The van der Waals surface area contributed by atoms with E-state index in [0.29, 0.717) is 0 Å². The fourth-order valence-corrected chi connectivity index (χ4v) is 3.63. The predicted molar refractivity (Wildman–Crippen MR) is 105 cm³/mol. The molecular formula is C21H18N2O2S. The van der Waals surface area contributed by atoms with E-state index >= 15 is 0 Å². The van der Waals surface area contributed by atoms with Crippen molar-refractivity contribution in [3.63, 3.8) is 0 Å². The van der Waals surface area contributed by atoms with E-state index < -0.39 is 0 Å². The van der Waals surface area contributed by atoms with Crippen molar-refractivity contribution in [3.8, 4) is 22.9 Å². The monoisotopic (exact) mass is 362 g/mol. The summed E-state index contributed by atoms with van der Waals surface area (Å²) in [5.74, 6) is 2.35. The first kappa shape index (κ1) is 16.5. The fraction of sp³-hybridized carbons (Fsp3) is 0.0952. The van der Waals surface area contributed by atoms with Gasteiger partial charge in [0.25, 0.3) is 0 Å². The number of hydrogen-bond donors (Lipinski definition) is 1. The van der Waals surface area contributed by atoms with Crippen LogP contribution in [0.1, 0.15) is 0 Å². The Balaban J connectivity index is 1.56. The number of aromatic amines is 1. The summed E-state index contributed by atoms with van der Waals surface area (Å²) in [4.78, 5) is 10.3. The number of fused-ring (bicyclic) bond motifs is 1. The number of hydrogen-bond acceptors (Lipinski definition) is 4. The molecule has 0 radical (unpaired) electrons. The van der Waals surface area contributed by atoms with Crippen LogP contribution in [-0.2, 0) is 0 Å². The van der Waals surface area contributed by atoms with Gasteiger partial charge in [0.2, 0.25) is 0 Å². The van der Waals surface area contributed by atoms with Crippen LogP contribution in [0.25, 0.3) is 22.4 Å². The lowest BCUT2D eigenvalue weighted by atomic mass is 10.2. The molecule has 0 aliphatic heterocycles. The Hall–Kier alpha value is -2.92. The van der Waals surface area contributed by atoms with Crippen LogP contribution in [-0.4, -0.2) is 24.2 Å². The molecule has 0 atom stereocenters. The Kier molecular flexibility index (Phi) is 4.54. The molecule has 0 saturated carbocycles. The van der Waals surface area contributed by atoms with E-state index in [2.05, 4.69) is 34.2 Å². The molecule has 0 fully saturated rings. The van der Waals surface area contributed by atoms with E-state index in [0.717, 1.165) is 43.7 Å². The summed E-state index contributed by atoms with van der Waals surface area (Å²) in [6, 6.07) is 22.3. The molecule has 0 amide bonds. The summed E-state index contributed by atoms with van der Waals surface area (Å²) >= 11 is 1.68. The lowest BCUT2D eigenvalue weighted by Gasteiger charge is -2.09. The van der Waals surface area contributed by atoms with Crippen molar-refractivity contribution in [1.82, 2.24) is 9.97 Å². The molecule has 0 bridgehead atoms. The van der Waals surface area contributed by atoms with Gasteiger partial charge in [0.15, 0.2) is 11.5 Å². The second-order valence-corrected chi connectivity index (χ2v) is 6.89. The van der Waals surface area contributed by atoms with Crippen LogP contribution in [0.4, 0.5) is 0 Å². The van der Waals surface area contributed by atoms with Gasteiger partial charge < -0.3 is 14.5 Å². The van der Waals surface area contributed by atoms with Gasteiger partial charge in [-0.25, -0.2) is 4.98 Å². The van der Waals surface area contributed by atoms with Crippen molar-refractivity contribution in [2.75, 3.05) is 14.2 Å². The Morgan fingerprint density at radius 1 is 0.808 bits per heavy atom. The van der Waals surface area contributed by atoms with Crippen LogP contribution < -0.4 is 9.47 Å². The van der Waals surface area contributed by atoms with Crippen LogP contribution in [0.3, 0.4) is 0 Å². The van der Waals surface area contributed by atoms with Gasteiger partial charge in [-0.2, -0.15) is 0 Å². The summed E-state index contributed by atoms with van der Waals surface area (Å²) in [7, 11) is 3.29. The molecule has 4 rings (SSSR count). The Morgan fingerprint density at radius 3 is 2.27 bits per heavy atom. The summed E-state index contributed by atoms with van der Waals surface area (Å²) in [6.45, 7) is 0. The summed E-state index contributed by atoms with van der Waals surface area (Å²) < 4.78 is 10.7. The zero-order valence-electron chi connectivity index (χ0n) is 14.5. The molecule has 130 valence electrons. The van der Waals surface area contributed by atoms with Crippen LogP contribution in [0.15, 0.2) is 76.5 Å². The number of imidazole rings is 1. The molecule has 0 saturated heterocycles. The lowest BCUT2D eigenvalue weighted by molar-refractivity contribution is 0.354. The van der Waals surface area contributed by atoms with Crippen molar-refractivity contribution in [2.24, 2.45) is 0 Å². The first-order valence-electron chi connectivity index (χ1n) is 8.22. The topological polar surface area (TPSA) is 47.1 Å². The summed E-state index contributed by atoms with van der Waals surface area (Å²) in [6.07, 6.45) is 0. The van der Waals surface area contributed by atoms with Crippen molar-refractivity contribution in [1.29, 1.82) is 0 Å². The van der Waals surface area contributed by atoms with Crippen molar-refractivity contribution >= 4 is 22.8 Å². The number of methoxy groups -OCH3 is 2. The minimum atomic E-state index is 0.733. The van der Waals surface area contributed by atoms with Gasteiger partial charge in [0.05, 0.1) is 25.3 Å². The number of para-hydroxylation sites is 2. The largest absolute Gasteiger partial charge is 0.493 e. The number of ether oxygens (including phenoxy) is 2. The fourth-order valence-electron chi connectivity index (χ4n) is 2.79. The number of nitrogens with zero attached hydrogens (tertiary/aromatic N) is 1. The first-order chi connectivity index (χ1) is 12.8. The number of rotatable bonds is 5. The lowest BCUT2D eigenvalue weighted by Crippen LogP contribution is -1.90. The second-order valence-electron chi connectivity index (χ2n) is 5.75. The highest BCUT2D eigenvalue weighted by Crippen LogP contribution is 2.35. The van der Waals surface area contributed by atoms with Gasteiger partial charge in [-0.15, -0.1) is 0 Å². The minimum Gasteiger partial charge on any atom is -0.493 e. The number of H-pyrrole nitrogens is 1. The third kappa shape index (κ3) is 3.26. The van der Waals surface area contributed by atoms with Gasteiger partial charge >= 0.3 is 0 Å². The van der Waals surface area contributed by atoms with Gasteiger partial charge in [0.1, 0.15) is 5.82 Å². The Labute approximate surface area is 156 Å². The molecule has 1 N–H and O–H groups in total. The highest BCUT2D eigenvalue weighted by atomic mass is 32.2. The summed E-state index contributed by atoms with van der Waals surface area (Å²) in [5.41, 5.74) is 3.09. The maximum absolute atomic E-state index is 5.37. The number of nitrogens with one attached hydrogen (secondary N) is 1. The average Bonchev–Trinajstić information content (AvgIpc) is 3.12. The van der Waals surface area contributed by atoms with Crippen LogP contribution in [0.5, 0.6) is 11.5 Å². The zero-order chi connectivity index (χ0) is 17.9. The predicted octanol–water partition coefficient (Wildman–Crippen LogP) is 5.40. The van der Waals surface area contributed by atoms with E-state index in [1.54, 1.807) is 26.0 Å². The van der Waals surface area contributed by atoms with Gasteiger partial charge in [-0.1, -0.05) is 36.0 Å². The maximum atomic E-state index is 5.37. The van der Waals surface area contributed by atoms with Crippen molar-refractivity contribution < 1.29 is 9.47 Å². The molecule has 0 unspecified atom stereocenters. The van der Waals surface area contributed by atoms with Crippen molar-refractivity contribution in [2.45, 2.75) is 9.79 Å². The standard InChI is InChI=1S/C21H18N2O2S/c1-24-19-12-11-16(13-20(19)25-2)26-15-9-7-14(8-10-15)21-22-17-5-3-4-6-18(17)23-21/h3-13H,1-2H3,(H,22,23). The molecule has 1 heterocycles. The number of aromatic nitrogens is 2. The third-order valence-corrected chi connectivity index (χ3v) is 5.11. The van der Waals surface area contributed by atoms with Gasteiger partial charge in [0, 0.05) is 15.4 Å². The number of benzene rings is 3. The smallest absolute Gasteiger partial charge is 0.161 e.